The van der Waals surface area contributed by atoms with Crippen molar-refractivity contribution in [3.8, 4) is 11.7 Å². The summed E-state index contributed by atoms with van der Waals surface area (Å²) in [6.45, 7) is -0.391. The molecule has 0 spiro atoms. The van der Waals surface area contributed by atoms with E-state index in [-0.39, 0.29) is 27.4 Å². The van der Waals surface area contributed by atoms with Crippen LogP contribution in [0.3, 0.4) is 0 Å². The van der Waals surface area contributed by atoms with Crippen LogP contribution >= 0.6 is 34.8 Å². The van der Waals surface area contributed by atoms with Crippen LogP contribution in [0.15, 0.2) is 44.2 Å². The number of halogens is 3. The van der Waals surface area contributed by atoms with Crippen LogP contribution in [0, 0.1) is 0 Å². The number of aromatic nitrogens is 2. The van der Waals surface area contributed by atoms with E-state index < -0.39 is 18.2 Å². The molecule has 3 rings (SSSR count). The number of benzene rings is 1. The summed E-state index contributed by atoms with van der Waals surface area (Å²) in [5.41, 5.74) is 0.190. The first-order chi connectivity index (χ1) is 11.4. The molecule has 0 fully saturated rings. The minimum Gasteiger partial charge on any atom is -0.459 e. The van der Waals surface area contributed by atoms with Gasteiger partial charge in [0.2, 0.25) is 5.91 Å². The third-order valence-electron chi connectivity index (χ3n) is 2.90. The molecule has 0 saturated heterocycles. The highest BCUT2D eigenvalue weighted by atomic mass is 35.5. The quantitative estimate of drug-likeness (QED) is 0.736. The Kier molecular flexibility index (Phi) is 4.66. The van der Waals surface area contributed by atoms with Gasteiger partial charge < -0.3 is 14.2 Å². The van der Waals surface area contributed by atoms with E-state index in [4.69, 9.17) is 43.6 Å². The van der Waals surface area contributed by atoms with Gasteiger partial charge in [-0.1, -0.05) is 34.8 Å². The maximum atomic E-state index is 12.1. The summed E-state index contributed by atoms with van der Waals surface area (Å²) < 4.78 is 10.9. The smallest absolute Gasteiger partial charge is 0.437 e. The molecule has 1 N–H and O–H groups in total. The van der Waals surface area contributed by atoms with E-state index in [0.717, 1.165) is 4.68 Å². The summed E-state index contributed by atoms with van der Waals surface area (Å²) in [5.74, 6) is -1.12. The topological polar surface area (TPSA) is 90.3 Å². The number of furan rings is 1. The summed E-state index contributed by atoms with van der Waals surface area (Å²) in [6.07, 6.45) is 1.41. The molecular weight excluding hydrogens is 381 g/mol. The number of carbonyl (C=O) groups excluding carboxylic acids is 1. The van der Waals surface area contributed by atoms with E-state index in [2.05, 4.69) is 10.4 Å². The Bertz CT molecular complexity index is 924. The number of rotatable bonds is 4. The monoisotopic (exact) mass is 387 g/mol. The van der Waals surface area contributed by atoms with Crippen molar-refractivity contribution in [2.24, 2.45) is 0 Å². The molecule has 0 saturated carbocycles. The second kappa shape index (κ2) is 6.72. The fourth-order valence-electron chi connectivity index (χ4n) is 1.88. The minimum atomic E-state index is -0.801. The Morgan fingerprint density at radius 2 is 1.96 bits per heavy atom. The van der Waals surface area contributed by atoms with E-state index >= 15 is 0 Å². The molecule has 10 heteroatoms. The van der Waals surface area contributed by atoms with Crippen LogP contribution in [-0.4, -0.2) is 15.7 Å². The minimum absolute atomic E-state index is 0.0274. The molecule has 0 unspecified atom stereocenters. The Labute approximate surface area is 149 Å². The fourth-order valence-corrected chi connectivity index (χ4v) is 2.79. The third-order valence-corrected chi connectivity index (χ3v) is 3.72. The summed E-state index contributed by atoms with van der Waals surface area (Å²) in [4.78, 5) is 23.8. The fraction of sp³-hybridized carbons (Fsp3) is 0.0714. The molecule has 7 nitrogen and oxygen atoms in total. The van der Waals surface area contributed by atoms with Crippen molar-refractivity contribution < 1.29 is 13.6 Å². The molecule has 0 aliphatic rings. The van der Waals surface area contributed by atoms with Crippen LogP contribution < -0.4 is 11.1 Å². The predicted molar refractivity (Wildman–Crippen MR) is 88.6 cm³/mol. The van der Waals surface area contributed by atoms with E-state index in [0.29, 0.717) is 5.02 Å². The molecule has 0 atom stereocenters. The molecule has 1 amide bonds. The van der Waals surface area contributed by atoms with Crippen molar-refractivity contribution in [2.45, 2.75) is 6.54 Å². The average molecular weight is 389 g/mol. The Hall–Kier alpha value is -2.22. The standard InChI is InChI=1S/C14H8Cl3N3O4/c15-7-4-8(16)12(9(17)5-7)18-11(21)6-20-14(22)24-13(19-20)10-2-1-3-23-10/h1-5H,6H2,(H,18,21). The average Bonchev–Trinajstić information content (AvgIpc) is 3.13. The first kappa shape index (κ1) is 16.6. The van der Waals surface area contributed by atoms with E-state index in [1.165, 1.54) is 18.4 Å². The van der Waals surface area contributed by atoms with Crippen LogP contribution in [0.2, 0.25) is 15.1 Å². The molecule has 24 heavy (non-hydrogen) atoms. The highest BCUT2D eigenvalue weighted by Crippen LogP contribution is 2.33. The first-order valence-corrected chi connectivity index (χ1v) is 7.63. The molecular formula is C14H8Cl3N3O4. The number of nitrogens with zero attached hydrogens (tertiary/aromatic N) is 2. The van der Waals surface area contributed by atoms with Gasteiger partial charge in [-0.05, 0) is 24.3 Å². The SMILES string of the molecule is O=C(Cn1nc(-c2ccco2)oc1=O)Nc1c(Cl)cc(Cl)cc1Cl. The lowest BCUT2D eigenvalue weighted by Crippen LogP contribution is -2.26. The zero-order valence-corrected chi connectivity index (χ0v) is 14.0. The van der Waals surface area contributed by atoms with E-state index in [1.807, 2.05) is 0 Å². The van der Waals surface area contributed by atoms with Crippen molar-refractivity contribution in [1.82, 2.24) is 9.78 Å². The molecule has 0 bridgehead atoms. The van der Waals surface area contributed by atoms with Gasteiger partial charge in [-0.2, -0.15) is 4.68 Å². The van der Waals surface area contributed by atoms with Gasteiger partial charge in [0, 0.05) is 5.02 Å². The molecule has 0 radical (unpaired) electrons. The molecule has 3 aromatic rings. The summed E-state index contributed by atoms with van der Waals surface area (Å²) in [7, 11) is 0. The normalized spacial score (nSPS) is 10.8. The summed E-state index contributed by atoms with van der Waals surface area (Å²) >= 11 is 17.8. The zero-order chi connectivity index (χ0) is 17.3. The lowest BCUT2D eigenvalue weighted by atomic mass is 10.3. The van der Waals surface area contributed by atoms with Crippen molar-refractivity contribution in [3.63, 3.8) is 0 Å². The summed E-state index contributed by atoms with van der Waals surface area (Å²) in [6, 6.07) is 6.05. The van der Waals surface area contributed by atoms with Gasteiger partial charge in [0.05, 0.1) is 22.0 Å². The highest BCUT2D eigenvalue weighted by molar-refractivity contribution is 6.42. The van der Waals surface area contributed by atoms with E-state index in [9.17, 15) is 9.59 Å². The van der Waals surface area contributed by atoms with Crippen LogP contribution in [0.1, 0.15) is 0 Å². The summed E-state index contributed by atoms with van der Waals surface area (Å²) in [5, 5.41) is 7.06. The van der Waals surface area contributed by atoms with Gasteiger partial charge in [-0.3, -0.25) is 4.79 Å². The van der Waals surface area contributed by atoms with Crippen LogP contribution in [0.5, 0.6) is 0 Å². The van der Waals surface area contributed by atoms with Crippen molar-refractivity contribution in [1.29, 1.82) is 0 Å². The van der Waals surface area contributed by atoms with Gasteiger partial charge >= 0.3 is 5.76 Å². The molecule has 0 aliphatic carbocycles. The Balaban J connectivity index is 1.78. The molecule has 2 heterocycles. The highest BCUT2D eigenvalue weighted by Gasteiger charge is 2.16. The van der Waals surface area contributed by atoms with Gasteiger partial charge in [-0.15, -0.1) is 5.10 Å². The Morgan fingerprint density at radius 1 is 1.25 bits per heavy atom. The number of anilines is 1. The zero-order valence-electron chi connectivity index (χ0n) is 11.8. The number of nitrogens with one attached hydrogen (secondary N) is 1. The largest absolute Gasteiger partial charge is 0.459 e. The lowest BCUT2D eigenvalue weighted by Gasteiger charge is -2.09. The van der Waals surface area contributed by atoms with Crippen LogP contribution in [-0.2, 0) is 11.3 Å². The van der Waals surface area contributed by atoms with Gasteiger partial charge in [0.25, 0.3) is 5.89 Å². The second-order valence-electron chi connectivity index (χ2n) is 4.60. The van der Waals surface area contributed by atoms with Gasteiger partial charge in [0.1, 0.15) is 6.54 Å². The number of hydrogen-bond donors (Lipinski definition) is 1. The number of amides is 1. The Morgan fingerprint density at radius 3 is 2.58 bits per heavy atom. The number of carbonyl (C=O) groups is 1. The number of hydrogen-bond acceptors (Lipinski definition) is 5. The maximum absolute atomic E-state index is 12.1. The van der Waals surface area contributed by atoms with Crippen LogP contribution in [0.4, 0.5) is 5.69 Å². The predicted octanol–water partition coefficient (Wildman–Crippen LogP) is 3.70. The second-order valence-corrected chi connectivity index (χ2v) is 5.85. The van der Waals surface area contributed by atoms with Gasteiger partial charge in [0.15, 0.2) is 5.76 Å². The van der Waals surface area contributed by atoms with Crippen molar-refractivity contribution in [3.05, 3.63) is 56.1 Å². The maximum Gasteiger partial charge on any atom is 0.437 e. The molecule has 2 aromatic heterocycles. The third kappa shape index (κ3) is 3.48. The molecule has 124 valence electrons. The van der Waals surface area contributed by atoms with Crippen molar-refractivity contribution >= 4 is 46.4 Å². The molecule has 1 aromatic carbocycles. The first-order valence-electron chi connectivity index (χ1n) is 6.50. The van der Waals surface area contributed by atoms with E-state index in [1.54, 1.807) is 12.1 Å². The molecule has 0 aliphatic heterocycles. The van der Waals surface area contributed by atoms with Crippen LogP contribution in [0.25, 0.3) is 11.7 Å². The van der Waals surface area contributed by atoms with Gasteiger partial charge in [-0.25, -0.2) is 4.79 Å². The van der Waals surface area contributed by atoms with Crippen molar-refractivity contribution in [2.75, 3.05) is 5.32 Å². The lowest BCUT2D eigenvalue weighted by molar-refractivity contribution is -0.117.